The summed E-state index contributed by atoms with van der Waals surface area (Å²) in [6.45, 7) is 14.2. The average Bonchev–Trinajstić information content (AvgIpc) is 2.73. The molecule has 1 aromatic heterocycles. The van der Waals surface area contributed by atoms with Crippen LogP contribution in [0.4, 0.5) is 0 Å². The van der Waals surface area contributed by atoms with Gasteiger partial charge in [-0.25, -0.2) is 0 Å². The molecule has 0 aliphatic carbocycles. The summed E-state index contributed by atoms with van der Waals surface area (Å²) in [6.07, 6.45) is 1.06. The van der Waals surface area contributed by atoms with Gasteiger partial charge in [-0.1, -0.05) is 32.0 Å². The van der Waals surface area contributed by atoms with Gasteiger partial charge in [0, 0.05) is 16.3 Å². The Hall–Kier alpha value is -1.28. The smallest absolute Gasteiger partial charge is 0.137 e. The molecule has 1 N–H and O–H groups in total. The van der Waals surface area contributed by atoms with Crippen molar-refractivity contribution in [2.24, 2.45) is 0 Å². The van der Waals surface area contributed by atoms with Gasteiger partial charge in [0.2, 0.25) is 0 Å². The Kier molecular flexibility index (Phi) is 3.97. The maximum Gasteiger partial charge on any atom is 0.137 e. The molecular weight excluding hydrogens is 246 g/mol. The third-order valence-electron chi connectivity index (χ3n) is 3.81. The normalized spacial score (nSPS) is 13.1. The van der Waals surface area contributed by atoms with Crippen LogP contribution in [-0.4, -0.2) is 12.1 Å². The molecule has 0 unspecified atom stereocenters. The summed E-state index contributed by atoms with van der Waals surface area (Å²) in [6, 6.07) is 8.51. The molecule has 0 aliphatic heterocycles. The van der Waals surface area contributed by atoms with Crippen LogP contribution in [0.15, 0.2) is 28.7 Å². The zero-order valence-corrected chi connectivity index (χ0v) is 13.6. The molecule has 0 aliphatic rings. The fraction of sp³-hybridized carbons (Fsp3) is 0.556. The number of furan rings is 1. The van der Waals surface area contributed by atoms with Crippen LogP contribution in [0.3, 0.4) is 0 Å². The average molecular weight is 273 g/mol. The summed E-state index contributed by atoms with van der Waals surface area (Å²) >= 11 is 0. The number of hydrogen-bond acceptors (Lipinski definition) is 2. The molecule has 110 valence electrons. The third kappa shape index (κ3) is 3.43. The van der Waals surface area contributed by atoms with E-state index in [1.54, 1.807) is 0 Å². The van der Waals surface area contributed by atoms with Gasteiger partial charge >= 0.3 is 0 Å². The number of fused-ring (bicyclic) bond motifs is 1. The van der Waals surface area contributed by atoms with Crippen LogP contribution >= 0.6 is 0 Å². The Labute approximate surface area is 122 Å². The minimum atomic E-state index is 0.0453. The van der Waals surface area contributed by atoms with E-state index >= 15 is 0 Å². The van der Waals surface area contributed by atoms with Gasteiger partial charge in [0.1, 0.15) is 11.3 Å². The fourth-order valence-corrected chi connectivity index (χ4v) is 2.42. The van der Waals surface area contributed by atoms with E-state index in [0.29, 0.717) is 0 Å². The van der Waals surface area contributed by atoms with E-state index in [-0.39, 0.29) is 11.0 Å². The highest BCUT2D eigenvalue weighted by molar-refractivity contribution is 5.81. The van der Waals surface area contributed by atoms with Crippen molar-refractivity contribution in [2.75, 3.05) is 6.54 Å². The van der Waals surface area contributed by atoms with Crippen LogP contribution in [0.25, 0.3) is 11.0 Å². The van der Waals surface area contributed by atoms with Crippen molar-refractivity contribution in [3.63, 3.8) is 0 Å². The van der Waals surface area contributed by atoms with Gasteiger partial charge < -0.3 is 9.73 Å². The summed E-state index contributed by atoms with van der Waals surface area (Å²) in [5.74, 6) is 1.08. The molecule has 2 nitrogen and oxygen atoms in total. The van der Waals surface area contributed by atoms with Crippen LogP contribution in [0, 0.1) is 6.92 Å². The number of hydrogen-bond donors (Lipinski definition) is 1. The fourth-order valence-electron chi connectivity index (χ4n) is 2.42. The molecule has 0 saturated carbocycles. The zero-order valence-electron chi connectivity index (χ0n) is 13.6. The van der Waals surface area contributed by atoms with Gasteiger partial charge in [-0.05, 0) is 52.3 Å². The Balaban J connectivity index is 2.17. The van der Waals surface area contributed by atoms with E-state index in [2.05, 4.69) is 71.1 Å². The van der Waals surface area contributed by atoms with Crippen molar-refractivity contribution in [3.8, 4) is 0 Å². The van der Waals surface area contributed by atoms with Crippen molar-refractivity contribution in [2.45, 2.75) is 58.9 Å². The molecule has 0 fully saturated rings. The lowest BCUT2D eigenvalue weighted by molar-refractivity contribution is 0.341. The highest BCUT2D eigenvalue weighted by Gasteiger charge is 2.25. The molecule has 0 radical (unpaired) electrons. The third-order valence-corrected chi connectivity index (χ3v) is 3.81. The van der Waals surface area contributed by atoms with Crippen molar-refractivity contribution >= 4 is 11.0 Å². The van der Waals surface area contributed by atoms with Gasteiger partial charge in [0.05, 0.1) is 0 Å². The summed E-state index contributed by atoms with van der Waals surface area (Å²) in [5, 5.41) is 4.76. The van der Waals surface area contributed by atoms with Crippen molar-refractivity contribution in [1.29, 1.82) is 0 Å². The number of rotatable bonds is 4. The van der Waals surface area contributed by atoms with Crippen LogP contribution in [0.5, 0.6) is 0 Å². The lowest BCUT2D eigenvalue weighted by atomic mass is 9.86. The first-order valence-corrected chi connectivity index (χ1v) is 7.44. The molecule has 0 amide bonds. The van der Waals surface area contributed by atoms with Crippen LogP contribution in [-0.2, 0) is 5.41 Å². The van der Waals surface area contributed by atoms with E-state index in [9.17, 15) is 0 Å². The summed E-state index contributed by atoms with van der Waals surface area (Å²) in [4.78, 5) is 0. The lowest BCUT2D eigenvalue weighted by Crippen LogP contribution is -2.38. The van der Waals surface area contributed by atoms with Crippen LogP contribution in [0.1, 0.15) is 52.4 Å². The summed E-state index contributed by atoms with van der Waals surface area (Å²) < 4.78 is 6.12. The predicted octanol–water partition coefficient (Wildman–Crippen LogP) is 4.80. The van der Waals surface area contributed by atoms with E-state index in [1.165, 1.54) is 10.9 Å². The number of benzene rings is 1. The first-order valence-electron chi connectivity index (χ1n) is 7.44. The van der Waals surface area contributed by atoms with Gasteiger partial charge in [0.25, 0.3) is 0 Å². The van der Waals surface area contributed by atoms with Gasteiger partial charge in [0.15, 0.2) is 0 Å². The molecule has 1 heterocycles. The predicted molar refractivity (Wildman–Crippen MR) is 86.3 cm³/mol. The molecule has 0 spiro atoms. The standard InChI is InChI=1S/C18H27NO/c1-13-8-7-9-14-12-15(20-16(13)14)18(5,6)10-11-19-17(2,3)4/h7-9,12,19H,10-11H2,1-6H3. The summed E-state index contributed by atoms with van der Waals surface area (Å²) in [5.41, 5.74) is 2.45. The molecule has 20 heavy (non-hydrogen) atoms. The molecule has 2 heteroatoms. The second-order valence-electron chi connectivity index (χ2n) is 7.41. The molecule has 1 aromatic carbocycles. The van der Waals surface area contributed by atoms with Gasteiger partial charge in [-0.15, -0.1) is 0 Å². The topological polar surface area (TPSA) is 25.2 Å². The zero-order chi connectivity index (χ0) is 15.0. The van der Waals surface area contributed by atoms with Crippen molar-refractivity contribution in [1.82, 2.24) is 5.32 Å². The Morgan fingerprint density at radius 3 is 2.40 bits per heavy atom. The quantitative estimate of drug-likeness (QED) is 0.866. The highest BCUT2D eigenvalue weighted by atomic mass is 16.3. The van der Waals surface area contributed by atoms with E-state index in [1.807, 2.05) is 0 Å². The molecule has 2 rings (SSSR count). The van der Waals surface area contributed by atoms with E-state index in [0.717, 1.165) is 24.3 Å². The van der Waals surface area contributed by atoms with E-state index < -0.39 is 0 Å². The summed E-state index contributed by atoms with van der Waals surface area (Å²) in [7, 11) is 0. The maximum absolute atomic E-state index is 6.12. The van der Waals surface area contributed by atoms with Gasteiger partial charge in [-0.2, -0.15) is 0 Å². The highest BCUT2D eigenvalue weighted by Crippen LogP contribution is 2.33. The van der Waals surface area contributed by atoms with Crippen LogP contribution < -0.4 is 5.32 Å². The largest absolute Gasteiger partial charge is 0.460 e. The number of aryl methyl sites for hydroxylation is 1. The van der Waals surface area contributed by atoms with Gasteiger partial charge in [-0.3, -0.25) is 0 Å². The van der Waals surface area contributed by atoms with Crippen molar-refractivity contribution < 1.29 is 4.42 Å². The van der Waals surface area contributed by atoms with E-state index in [4.69, 9.17) is 4.42 Å². The lowest BCUT2D eigenvalue weighted by Gasteiger charge is -2.26. The molecular formula is C18H27NO. The molecule has 0 bridgehead atoms. The monoisotopic (exact) mass is 273 g/mol. The molecule has 0 atom stereocenters. The number of nitrogens with one attached hydrogen (secondary N) is 1. The van der Waals surface area contributed by atoms with Crippen molar-refractivity contribution in [3.05, 3.63) is 35.6 Å². The first-order chi connectivity index (χ1) is 9.19. The minimum Gasteiger partial charge on any atom is -0.460 e. The molecule has 2 aromatic rings. The second kappa shape index (κ2) is 5.25. The Bertz CT molecular complexity index is 587. The number of para-hydroxylation sites is 1. The molecule has 0 saturated heterocycles. The van der Waals surface area contributed by atoms with Crippen LogP contribution in [0.2, 0.25) is 0 Å². The first kappa shape index (κ1) is 15.1. The second-order valence-corrected chi connectivity index (χ2v) is 7.41. The SMILES string of the molecule is Cc1cccc2cc(C(C)(C)CCNC(C)(C)C)oc12. The Morgan fingerprint density at radius 2 is 1.80 bits per heavy atom. The Morgan fingerprint density at radius 1 is 1.10 bits per heavy atom. The maximum atomic E-state index is 6.12. The minimum absolute atomic E-state index is 0.0453.